The van der Waals surface area contributed by atoms with Crippen LogP contribution in [0.1, 0.15) is 34.3 Å². The molecule has 1 aromatic carbocycles. The quantitative estimate of drug-likeness (QED) is 0.364. The Morgan fingerprint density at radius 2 is 2.00 bits per heavy atom. The molecule has 1 aromatic rings. The molecule has 2 amide bonds. The number of rotatable bonds is 4. The lowest BCUT2D eigenvalue weighted by molar-refractivity contribution is -0.121. The molecule has 0 fully saturated rings. The first-order valence-corrected chi connectivity index (χ1v) is 6.43. The number of aryl methyl sites for hydroxylation is 1. The van der Waals surface area contributed by atoms with Gasteiger partial charge in [-0.05, 0) is 37.5 Å². The SMILES string of the molecule is Cc1ccc2c(c1C)N(CCCC(=O)NN)C(=O)C2=O. The predicted octanol–water partition coefficient (Wildman–Crippen LogP) is 0.603. The van der Waals surface area contributed by atoms with Crippen molar-refractivity contribution in [3.05, 3.63) is 28.8 Å². The van der Waals surface area contributed by atoms with Crippen LogP contribution in [0.25, 0.3) is 0 Å². The summed E-state index contributed by atoms with van der Waals surface area (Å²) in [6, 6.07) is 3.52. The van der Waals surface area contributed by atoms with Gasteiger partial charge in [-0.15, -0.1) is 0 Å². The van der Waals surface area contributed by atoms with Gasteiger partial charge >= 0.3 is 0 Å². The molecular weight excluding hydrogens is 258 g/mol. The maximum atomic E-state index is 12.0. The maximum absolute atomic E-state index is 12.0. The molecule has 106 valence electrons. The molecule has 6 heteroatoms. The largest absolute Gasteiger partial charge is 0.304 e. The lowest BCUT2D eigenvalue weighted by atomic mass is 10.0. The van der Waals surface area contributed by atoms with Gasteiger partial charge in [0.2, 0.25) is 5.91 Å². The number of hydrogen-bond donors (Lipinski definition) is 2. The molecular formula is C14H17N3O3. The molecule has 3 N–H and O–H groups in total. The number of hydrazine groups is 1. The summed E-state index contributed by atoms with van der Waals surface area (Å²) in [5, 5.41) is 0. The topological polar surface area (TPSA) is 92.5 Å². The van der Waals surface area contributed by atoms with Gasteiger partial charge in [-0.25, -0.2) is 5.84 Å². The lowest BCUT2D eigenvalue weighted by Crippen LogP contribution is -2.33. The van der Waals surface area contributed by atoms with Gasteiger partial charge in [-0.1, -0.05) is 6.07 Å². The lowest BCUT2D eigenvalue weighted by Gasteiger charge is -2.19. The Labute approximate surface area is 116 Å². The van der Waals surface area contributed by atoms with Crippen molar-refractivity contribution in [1.82, 2.24) is 5.43 Å². The minimum Gasteiger partial charge on any atom is -0.304 e. The highest BCUT2D eigenvalue weighted by atomic mass is 16.2. The Kier molecular flexibility index (Phi) is 3.85. The molecule has 0 saturated carbocycles. The van der Waals surface area contributed by atoms with Crippen LogP contribution in [-0.4, -0.2) is 24.1 Å². The van der Waals surface area contributed by atoms with Gasteiger partial charge < -0.3 is 4.90 Å². The van der Waals surface area contributed by atoms with Gasteiger partial charge in [0.05, 0.1) is 11.3 Å². The first-order chi connectivity index (χ1) is 9.47. The van der Waals surface area contributed by atoms with E-state index in [0.29, 0.717) is 24.2 Å². The summed E-state index contributed by atoms with van der Waals surface area (Å²) in [4.78, 5) is 36.5. The standard InChI is InChI=1S/C14H17N3O3/c1-8-5-6-10-12(9(8)2)17(14(20)13(10)19)7-3-4-11(18)16-15/h5-6H,3-4,7,15H2,1-2H3,(H,16,18). The molecule has 0 aromatic heterocycles. The smallest absolute Gasteiger partial charge is 0.299 e. The monoisotopic (exact) mass is 275 g/mol. The summed E-state index contributed by atoms with van der Waals surface area (Å²) in [6.45, 7) is 4.15. The third kappa shape index (κ3) is 2.30. The van der Waals surface area contributed by atoms with Crippen molar-refractivity contribution < 1.29 is 14.4 Å². The van der Waals surface area contributed by atoms with Crippen LogP contribution >= 0.6 is 0 Å². The number of carbonyl (C=O) groups excluding carboxylic acids is 3. The summed E-state index contributed by atoms with van der Waals surface area (Å²) in [5.41, 5.74) is 5.11. The Hall–Kier alpha value is -2.21. The molecule has 0 unspecified atom stereocenters. The molecule has 0 aliphatic carbocycles. The van der Waals surface area contributed by atoms with Crippen molar-refractivity contribution in [3.8, 4) is 0 Å². The number of benzene rings is 1. The third-order valence-corrected chi connectivity index (χ3v) is 3.60. The first kappa shape index (κ1) is 14.2. The highest BCUT2D eigenvalue weighted by Gasteiger charge is 2.36. The molecule has 1 aliphatic heterocycles. The van der Waals surface area contributed by atoms with Crippen molar-refractivity contribution >= 4 is 23.3 Å². The highest BCUT2D eigenvalue weighted by Crippen LogP contribution is 2.34. The van der Waals surface area contributed by atoms with E-state index in [1.807, 2.05) is 25.3 Å². The molecule has 1 heterocycles. The average Bonchev–Trinajstić information content (AvgIpc) is 2.68. The molecule has 0 spiro atoms. The van der Waals surface area contributed by atoms with Gasteiger partial charge in [0, 0.05) is 13.0 Å². The number of hydrogen-bond acceptors (Lipinski definition) is 4. The van der Waals surface area contributed by atoms with Crippen molar-refractivity contribution in [2.24, 2.45) is 5.84 Å². The van der Waals surface area contributed by atoms with Crippen molar-refractivity contribution in [1.29, 1.82) is 0 Å². The van der Waals surface area contributed by atoms with Crippen LogP contribution in [-0.2, 0) is 9.59 Å². The van der Waals surface area contributed by atoms with Gasteiger partial charge in [0.15, 0.2) is 0 Å². The molecule has 20 heavy (non-hydrogen) atoms. The fourth-order valence-corrected chi connectivity index (χ4v) is 2.35. The van der Waals surface area contributed by atoms with Crippen LogP contribution in [0.15, 0.2) is 12.1 Å². The molecule has 0 radical (unpaired) electrons. The first-order valence-electron chi connectivity index (χ1n) is 6.43. The summed E-state index contributed by atoms with van der Waals surface area (Å²) in [5.74, 6) is 3.71. The number of Topliss-reactive ketones (excluding diaryl/α,β-unsaturated/α-hetero) is 1. The minimum atomic E-state index is -0.526. The van der Waals surface area contributed by atoms with E-state index in [1.54, 1.807) is 6.07 Å². The zero-order chi connectivity index (χ0) is 14.9. The Balaban J connectivity index is 2.24. The summed E-state index contributed by atoms with van der Waals surface area (Å²) in [7, 11) is 0. The van der Waals surface area contributed by atoms with Crippen LogP contribution in [0.4, 0.5) is 5.69 Å². The second-order valence-corrected chi connectivity index (χ2v) is 4.86. The molecule has 2 rings (SSSR count). The number of nitrogens with one attached hydrogen (secondary N) is 1. The Bertz CT molecular complexity index is 596. The van der Waals surface area contributed by atoms with E-state index in [9.17, 15) is 14.4 Å². The normalized spacial score (nSPS) is 13.7. The minimum absolute atomic E-state index is 0.217. The second-order valence-electron chi connectivity index (χ2n) is 4.86. The van der Waals surface area contributed by atoms with Gasteiger partial charge in [0.25, 0.3) is 11.7 Å². The van der Waals surface area contributed by atoms with E-state index in [0.717, 1.165) is 11.1 Å². The van der Waals surface area contributed by atoms with Crippen LogP contribution in [0.5, 0.6) is 0 Å². The fraction of sp³-hybridized carbons (Fsp3) is 0.357. The maximum Gasteiger partial charge on any atom is 0.299 e. The van der Waals surface area contributed by atoms with Gasteiger partial charge in [-0.3, -0.25) is 19.8 Å². The number of carbonyl (C=O) groups is 3. The van der Waals surface area contributed by atoms with E-state index in [-0.39, 0.29) is 12.3 Å². The van der Waals surface area contributed by atoms with E-state index in [2.05, 4.69) is 0 Å². The second kappa shape index (κ2) is 5.42. The van der Waals surface area contributed by atoms with Crippen LogP contribution in [0, 0.1) is 13.8 Å². The number of anilines is 1. The van der Waals surface area contributed by atoms with Crippen molar-refractivity contribution in [2.75, 3.05) is 11.4 Å². The average molecular weight is 275 g/mol. The van der Waals surface area contributed by atoms with E-state index in [4.69, 9.17) is 5.84 Å². The number of ketones is 1. The summed E-state index contributed by atoms with van der Waals surface area (Å²) in [6.07, 6.45) is 0.670. The van der Waals surface area contributed by atoms with E-state index >= 15 is 0 Å². The zero-order valence-corrected chi connectivity index (χ0v) is 11.5. The number of fused-ring (bicyclic) bond motifs is 1. The fourth-order valence-electron chi connectivity index (χ4n) is 2.35. The van der Waals surface area contributed by atoms with Gasteiger partial charge in [-0.2, -0.15) is 0 Å². The Morgan fingerprint density at radius 1 is 1.30 bits per heavy atom. The third-order valence-electron chi connectivity index (χ3n) is 3.60. The van der Waals surface area contributed by atoms with E-state index in [1.165, 1.54) is 4.90 Å². The van der Waals surface area contributed by atoms with Gasteiger partial charge in [0.1, 0.15) is 0 Å². The molecule has 0 saturated heterocycles. The molecule has 0 atom stereocenters. The number of amides is 2. The highest BCUT2D eigenvalue weighted by molar-refractivity contribution is 6.52. The van der Waals surface area contributed by atoms with Crippen molar-refractivity contribution in [2.45, 2.75) is 26.7 Å². The zero-order valence-electron chi connectivity index (χ0n) is 11.5. The summed E-state index contributed by atoms with van der Waals surface area (Å²) < 4.78 is 0. The van der Waals surface area contributed by atoms with Crippen LogP contribution in [0.3, 0.4) is 0 Å². The predicted molar refractivity (Wildman–Crippen MR) is 74.2 cm³/mol. The Morgan fingerprint density at radius 3 is 2.65 bits per heavy atom. The van der Waals surface area contributed by atoms with E-state index < -0.39 is 11.7 Å². The number of nitrogens with two attached hydrogens (primary N) is 1. The molecule has 6 nitrogen and oxygen atoms in total. The van der Waals surface area contributed by atoms with Crippen LogP contribution in [0.2, 0.25) is 0 Å². The summed E-state index contributed by atoms with van der Waals surface area (Å²) >= 11 is 0. The van der Waals surface area contributed by atoms with Crippen LogP contribution < -0.4 is 16.2 Å². The van der Waals surface area contributed by atoms with Crippen molar-refractivity contribution in [3.63, 3.8) is 0 Å². The number of nitrogens with zero attached hydrogens (tertiary/aromatic N) is 1. The molecule has 0 bridgehead atoms. The molecule has 1 aliphatic rings.